The highest BCUT2D eigenvalue weighted by atomic mass is 31.0. The highest BCUT2D eigenvalue weighted by Gasteiger charge is 2.17. The summed E-state index contributed by atoms with van der Waals surface area (Å²) in [7, 11) is 2.17. The van der Waals surface area contributed by atoms with Crippen molar-refractivity contribution in [2.45, 2.75) is 200 Å². The standard InChI is InChI=1S/C39H73O5P/c1-3-5-7-9-11-13-15-17-19-21-23-25-27-29-31-33-38(40)42-35-37(36-43-45)44-39(41)34-32-30-28-26-24-22-20-18-16-14-12-10-8-6-4-2/h17-20,37H,3-16,21-36,45H2,1-2H3/b19-17+,20-18+. The highest BCUT2D eigenvalue weighted by molar-refractivity contribution is 7.09. The Hall–Kier alpha value is -1.19. The third-order valence-corrected chi connectivity index (χ3v) is 8.49. The van der Waals surface area contributed by atoms with Crippen molar-refractivity contribution in [3.05, 3.63) is 24.3 Å². The summed E-state index contributed by atoms with van der Waals surface area (Å²) >= 11 is 0. The molecule has 0 radical (unpaired) electrons. The van der Waals surface area contributed by atoms with E-state index in [9.17, 15) is 9.59 Å². The van der Waals surface area contributed by atoms with Crippen molar-refractivity contribution in [2.75, 3.05) is 13.2 Å². The number of allylic oxidation sites excluding steroid dienone is 4. The summed E-state index contributed by atoms with van der Waals surface area (Å²) in [5, 5.41) is 0. The molecule has 0 N–H and O–H groups in total. The van der Waals surface area contributed by atoms with Gasteiger partial charge < -0.3 is 14.0 Å². The molecule has 0 aliphatic rings. The van der Waals surface area contributed by atoms with Crippen LogP contribution in [0.15, 0.2) is 24.3 Å². The van der Waals surface area contributed by atoms with Gasteiger partial charge in [-0.3, -0.25) is 9.59 Å². The Labute approximate surface area is 281 Å². The maximum absolute atomic E-state index is 12.3. The lowest BCUT2D eigenvalue weighted by molar-refractivity contribution is -0.160. The molecule has 2 atom stereocenters. The van der Waals surface area contributed by atoms with Gasteiger partial charge in [0.25, 0.3) is 0 Å². The number of ether oxygens (including phenoxy) is 2. The van der Waals surface area contributed by atoms with Crippen LogP contribution in [0.25, 0.3) is 0 Å². The summed E-state index contributed by atoms with van der Waals surface area (Å²) in [5.74, 6) is -0.470. The largest absolute Gasteiger partial charge is 0.462 e. The third kappa shape index (κ3) is 35.5. The van der Waals surface area contributed by atoms with Crippen molar-refractivity contribution in [1.29, 1.82) is 0 Å². The van der Waals surface area contributed by atoms with E-state index in [2.05, 4.69) is 47.6 Å². The van der Waals surface area contributed by atoms with E-state index in [-0.39, 0.29) is 25.2 Å². The Morgan fingerprint density at radius 3 is 1.24 bits per heavy atom. The van der Waals surface area contributed by atoms with Gasteiger partial charge in [-0.1, -0.05) is 141 Å². The SMILES string of the molecule is CCCCCCCC/C=C/CCCCCCCC(=O)OCC(COP)OC(=O)CCCCCCC/C=C/CCCCCCCC. The van der Waals surface area contributed by atoms with Crippen molar-refractivity contribution in [1.82, 2.24) is 0 Å². The minimum Gasteiger partial charge on any atom is -0.462 e. The number of carbonyl (C=O) groups excluding carboxylic acids is 2. The van der Waals surface area contributed by atoms with Gasteiger partial charge in [0.15, 0.2) is 6.10 Å². The van der Waals surface area contributed by atoms with Crippen LogP contribution < -0.4 is 0 Å². The van der Waals surface area contributed by atoms with E-state index in [1.165, 1.54) is 116 Å². The second-order valence-corrected chi connectivity index (χ2v) is 13.1. The van der Waals surface area contributed by atoms with Gasteiger partial charge in [-0.15, -0.1) is 0 Å². The van der Waals surface area contributed by atoms with E-state index < -0.39 is 6.10 Å². The Balaban J connectivity index is 3.68. The van der Waals surface area contributed by atoms with Gasteiger partial charge in [0.1, 0.15) is 6.61 Å². The first kappa shape index (κ1) is 43.8. The summed E-state index contributed by atoms with van der Waals surface area (Å²) in [6.07, 6.45) is 41.5. The molecular weight excluding hydrogens is 579 g/mol. The summed E-state index contributed by atoms with van der Waals surface area (Å²) in [6, 6.07) is 0. The molecule has 0 saturated carbocycles. The van der Waals surface area contributed by atoms with Crippen molar-refractivity contribution in [3.63, 3.8) is 0 Å². The molecule has 0 spiro atoms. The number of unbranched alkanes of at least 4 members (excludes halogenated alkanes) is 22. The molecular formula is C39H73O5P. The van der Waals surface area contributed by atoms with Crippen molar-refractivity contribution in [3.8, 4) is 0 Å². The van der Waals surface area contributed by atoms with E-state index in [1.54, 1.807) is 0 Å². The van der Waals surface area contributed by atoms with E-state index >= 15 is 0 Å². The maximum Gasteiger partial charge on any atom is 0.306 e. The average Bonchev–Trinajstić information content (AvgIpc) is 3.03. The molecule has 2 unspecified atom stereocenters. The summed E-state index contributed by atoms with van der Waals surface area (Å²) in [6.45, 7) is 4.77. The number of hydrogen-bond donors (Lipinski definition) is 0. The van der Waals surface area contributed by atoms with Crippen LogP contribution in [0.5, 0.6) is 0 Å². The number of hydrogen-bond acceptors (Lipinski definition) is 5. The predicted octanol–water partition coefficient (Wildman–Crippen LogP) is 12.3. The van der Waals surface area contributed by atoms with E-state index in [1.807, 2.05) is 0 Å². The summed E-state index contributed by atoms with van der Waals surface area (Å²) in [4.78, 5) is 24.5. The second-order valence-electron chi connectivity index (χ2n) is 12.8. The van der Waals surface area contributed by atoms with Crippen molar-refractivity contribution < 1.29 is 23.6 Å². The minimum atomic E-state index is -0.559. The van der Waals surface area contributed by atoms with Crippen LogP contribution in [0.2, 0.25) is 0 Å². The molecule has 45 heavy (non-hydrogen) atoms. The molecule has 0 aromatic rings. The van der Waals surface area contributed by atoms with Crippen LogP contribution in [0.4, 0.5) is 0 Å². The molecule has 0 aliphatic heterocycles. The van der Waals surface area contributed by atoms with E-state index in [0.29, 0.717) is 12.8 Å². The molecule has 5 nitrogen and oxygen atoms in total. The first-order chi connectivity index (χ1) is 22.1. The lowest BCUT2D eigenvalue weighted by Crippen LogP contribution is -2.28. The summed E-state index contributed by atoms with van der Waals surface area (Å²) < 4.78 is 16.0. The van der Waals surface area contributed by atoms with Crippen molar-refractivity contribution in [2.24, 2.45) is 0 Å². The molecule has 0 heterocycles. The third-order valence-electron chi connectivity index (χ3n) is 8.30. The van der Waals surface area contributed by atoms with Gasteiger partial charge in [-0.2, -0.15) is 0 Å². The lowest BCUT2D eigenvalue weighted by Gasteiger charge is -2.17. The Morgan fingerprint density at radius 2 is 0.844 bits per heavy atom. The fourth-order valence-corrected chi connectivity index (χ4v) is 5.62. The molecule has 0 bridgehead atoms. The van der Waals surface area contributed by atoms with Crippen LogP contribution in [-0.4, -0.2) is 31.3 Å². The molecule has 6 heteroatoms. The van der Waals surface area contributed by atoms with Gasteiger partial charge in [-0.05, 0) is 64.2 Å². The molecule has 0 aromatic heterocycles. The minimum absolute atomic E-state index is 0.0520. The van der Waals surface area contributed by atoms with Gasteiger partial charge in [-0.25, -0.2) is 0 Å². The van der Waals surface area contributed by atoms with Crippen LogP contribution in [0.3, 0.4) is 0 Å². The number of carbonyl (C=O) groups is 2. The predicted molar refractivity (Wildman–Crippen MR) is 195 cm³/mol. The molecule has 0 saturated heterocycles. The number of esters is 2. The molecule has 0 aromatic carbocycles. The average molecular weight is 653 g/mol. The first-order valence-corrected chi connectivity index (χ1v) is 19.6. The van der Waals surface area contributed by atoms with Crippen LogP contribution in [0, 0.1) is 0 Å². The molecule has 0 aliphatic carbocycles. The Kier molecular flexibility index (Phi) is 36.3. The lowest BCUT2D eigenvalue weighted by atomic mass is 10.1. The van der Waals surface area contributed by atoms with Crippen molar-refractivity contribution >= 4 is 21.4 Å². The molecule has 0 rings (SSSR count). The maximum atomic E-state index is 12.3. The van der Waals surface area contributed by atoms with Gasteiger partial charge in [0.2, 0.25) is 0 Å². The van der Waals surface area contributed by atoms with Gasteiger partial charge in [0.05, 0.1) is 6.61 Å². The van der Waals surface area contributed by atoms with E-state index in [0.717, 1.165) is 51.4 Å². The highest BCUT2D eigenvalue weighted by Crippen LogP contribution is 2.13. The first-order valence-electron chi connectivity index (χ1n) is 19.1. The second kappa shape index (κ2) is 37.3. The zero-order valence-corrected chi connectivity index (χ0v) is 30.9. The quantitative estimate of drug-likeness (QED) is 0.0295. The Morgan fingerprint density at radius 1 is 0.489 bits per heavy atom. The topological polar surface area (TPSA) is 61.8 Å². The monoisotopic (exact) mass is 653 g/mol. The molecule has 0 amide bonds. The van der Waals surface area contributed by atoms with Crippen LogP contribution in [-0.2, 0) is 23.6 Å². The van der Waals surface area contributed by atoms with E-state index in [4.69, 9.17) is 14.0 Å². The Bertz CT molecular complexity index is 693. The van der Waals surface area contributed by atoms with Gasteiger partial charge in [0, 0.05) is 22.3 Å². The fourth-order valence-electron chi connectivity index (χ4n) is 5.41. The van der Waals surface area contributed by atoms with Gasteiger partial charge >= 0.3 is 11.9 Å². The normalized spacial score (nSPS) is 12.3. The van der Waals surface area contributed by atoms with Crippen LogP contribution in [0.1, 0.15) is 194 Å². The fraction of sp³-hybridized carbons (Fsp3) is 0.846. The summed E-state index contributed by atoms with van der Waals surface area (Å²) in [5.41, 5.74) is 0. The number of rotatable bonds is 35. The smallest absolute Gasteiger partial charge is 0.306 e. The molecule has 264 valence electrons. The van der Waals surface area contributed by atoms with Crippen LogP contribution >= 0.6 is 9.47 Å². The zero-order chi connectivity index (χ0) is 32.9. The molecule has 0 fully saturated rings. The zero-order valence-electron chi connectivity index (χ0n) is 29.7.